The first-order valence-electron chi connectivity index (χ1n) is 12.1. The van der Waals surface area contributed by atoms with E-state index in [9.17, 15) is 0 Å². The van der Waals surface area contributed by atoms with Crippen molar-refractivity contribution in [3.63, 3.8) is 0 Å². The van der Waals surface area contributed by atoms with Crippen LogP contribution in [-0.4, -0.2) is 56.6 Å². The van der Waals surface area contributed by atoms with Crippen LogP contribution in [0.25, 0.3) is 32.9 Å². The standard InChI is InChI=1S/C27H26FN7O2/c1-16(23-14-36-9-8-29-23)37-24-11-22(25(28)20-4-3-7-30-26(20)24)34-27-19-6-5-17(10-21(19)31-15-32-27)18-12-33-35(2)13-18/h3-7,10-13,15-16,23,29H,8-9,14H2,1-2H3,(H,31,32,34)/t16-,23-/m0/s1. The maximum atomic E-state index is 15.7. The summed E-state index contributed by atoms with van der Waals surface area (Å²) in [7, 11) is 1.88. The quantitative estimate of drug-likeness (QED) is 0.358. The molecule has 2 atom stereocenters. The van der Waals surface area contributed by atoms with Gasteiger partial charge in [0.25, 0.3) is 0 Å². The van der Waals surface area contributed by atoms with E-state index in [0.29, 0.717) is 35.7 Å². The maximum absolute atomic E-state index is 15.7. The highest BCUT2D eigenvalue weighted by atomic mass is 19.1. The zero-order chi connectivity index (χ0) is 25.4. The summed E-state index contributed by atoms with van der Waals surface area (Å²) in [6.45, 7) is 3.95. The molecule has 5 aromatic rings. The molecule has 0 saturated carbocycles. The van der Waals surface area contributed by atoms with Crippen molar-refractivity contribution in [1.82, 2.24) is 30.0 Å². The van der Waals surface area contributed by atoms with Crippen molar-refractivity contribution < 1.29 is 13.9 Å². The van der Waals surface area contributed by atoms with Crippen LogP contribution >= 0.6 is 0 Å². The van der Waals surface area contributed by atoms with Crippen LogP contribution in [0.3, 0.4) is 0 Å². The Morgan fingerprint density at radius 3 is 2.89 bits per heavy atom. The van der Waals surface area contributed by atoms with Gasteiger partial charge in [-0.25, -0.2) is 14.4 Å². The Labute approximate surface area is 212 Å². The predicted octanol–water partition coefficient (Wildman–Crippen LogP) is 4.22. The number of benzene rings is 2. The lowest BCUT2D eigenvalue weighted by Gasteiger charge is -2.29. The van der Waals surface area contributed by atoms with E-state index in [4.69, 9.17) is 9.47 Å². The van der Waals surface area contributed by atoms with Gasteiger partial charge in [-0.15, -0.1) is 0 Å². The summed E-state index contributed by atoms with van der Waals surface area (Å²) in [5.74, 6) is 0.545. The fourth-order valence-electron chi connectivity index (χ4n) is 4.57. The number of nitrogens with zero attached hydrogens (tertiary/aromatic N) is 5. The van der Waals surface area contributed by atoms with Crippen molar-refractivity contribution in [1.29, 1.82) is 0 Å². The van der Waals surface area contributed by atoms with Crippen LogP contribution in [0.15, 0.2) is 61.3 Å². The third-order valence-electron chi connectivity index (χ3n) is 6.55. The average molecular weight is 500 g/mol. The second-order valence-electron chi connectivity index (χ2n) is 9.08. The van der Waals surface area contributed by atoms with Gasteiger partial charge < -0.3 is 20.1 Å². The SMILES string of the molecule is C[C@H](Oc1cc(Nc2ncnc3cc(-c4cnn(C)c4)ccc23)c(F)c2cccnc12)[C@@H]1COCCN1. The molecule has 0 aliphatic carbocycles. The van der Waals surface area contributed by atoms with Crippen molar-refractivity contribution in [3.05, 3.63) is 67.1 Å². The number of aromatic nitrogens is 5. The zero-order valence-corrected chi connectivity index (χ0v) is 20.5. The smallest absolute Gasteiger partial charge is 0.156 e. The highest BCUT2D eigenvalue weighted by Crippen LogP contribution is 2.35. The summed E-state index contributed by atoms with van der Waals surface area (Å²) >= 11 is 0. The average Bonchev–Trinajstić information content (AvgIpc) is 3.38. The summed E-state index contributed by atoms with van der Waals surface area (Å²) in [6.07, 6.45) is 6.63. The van der Waals surface area contributed by atoms with Gasteiger partial charge in [-0.3, -0.25) is 9.67 Å². The molecular weight excluding hydrogens is 473 g/mol. The van der Waals surface area contributed by atoms with Crippen molar-refractivity contribution in [2.75, 3.05) is 25.1 Å². The van der Waals surface area contributed by atoms with Crippen LogP contribution in [0.4, 0.5) is 15.9 Å². The zero-order valence-electron chi connectivity index (χ0n) is 20.5. The molecule has 1 aliphatic heterocycles. The first kappa shape index (κ1) is 23.3. The minimum Gasteiger partial charge on any atom is -0.487 e. The van der Waals surface area contributed by atoms with Crippen molar-refractivity contribution in [3.8, 4) is 16.9 Å². The van der Waals surface area contributed by atoms with Gasteiger partial charge in [0.15, 0.2) is 5.82 Å². The van der Waals surface area contributed by atoms with Gasteiger partial charge in [-0.2, -0.15) is 5.10 Å². The number of hydrogen-bond donors (Lipinski definition) is 2. The van der Waals surface area contributed by atoms with Crippen LogP contribution < -0.4 is 15.4 Å². The van der Waals surface area contributed by atoms with E-state index in [1.165, 1.54) is 6.33 Å². The number of hydrogen-bond acceptors (Lipinski definition) is 8. The number of nitrogens with one attached hydrogen (secondary N) is 2. The molecule has 3 aromatic heterocycles. The van der Waals surface area contributed by atoms with E-state index in [-0.39, 0.29) is 17.8 Å². The maximum Gasteiger partial charge on any atom is 0.156 e. The lowest BCUT2D eigenvalue weighted by atomic mass is 10.1. The van der Waals surface area contributed by atoms with Gasteiger partial charge in [0, 0.05) is 48.4 Å². The molecule has 0 spiro atoms. The summed E-state index contributed by atoms with van der Waals surface area (Å²) in [5.41, 5.74) is 3.41. The molecular formula is C27H26FN7O2. The minimum absolute atomic E-state index is 0.0220. The van der Waals surface area contributed by atoms with Crippen LogP contribution in [0.1, 0.15) is 6.92 Å². The van der Waals surface area contributed by atoms with Crippen LogP contribution in [0.2, 0.25) is 0 Å². The number of morpholine rings is 1. The fraction of sp³-hybridized carbons (Fsp3) is 0.259. The second-order valence-corrected chi connectivity index (χ2v) is 9.08. The molecule has 188 valence electrons. The Hall–Kier alpha value is -4.15. The van der Waals surface area contributed by atoms with E-state index in [1.54, 1.807) is 35.3 Å². The monoisotopic (exact) mass is 499 g/mol. The molecule has 0 unspecified atom stereocenters. The van der Waals surface area contributed by atoms with Crippen molar-refractivity contribution >= 4 is 33.3 Å². The molecule has 9 nitrogen and oxygen atoms in total. The van der Waals surface area contributed by atoms with E-state index >= 15 is 4.39 Å². The molecule has 2 aromatic carbocycles. The van der Waals surface area contributed by atoms with Crippen LogP contribution in [0.5, 0.6) is 5.75 Å². The molecule has 1 saturated heterocycles. The van der Waals surface area contributed by atoms with Crippen LogP contribution in [-0.2, 0) is 11.8 Å². The van der Waals surface area contributed by atoms with Gasteiger partial charge in [0.2, 0.25) is 0 Å². The van der Waals surface area contributed by atoms with Crippen molar-refractivity contribution in [2.24, 2.45) is 7.05 Å². The number of aryl methyl sites for hydroxylation is 1. The molecule has 4 heterocycles. The molecule has 6 rings (SSSR count). The van der Waals surface area contributed by atoms with Crippen molar-refractivity contribution in [2.45, 2.75) is 19.1 Å². The van der Waals surface area contributed by atoms with E-state index in [1.807, 2.05) is 38.4 Å². The molecule has 0 bridgehead atoms. The van der Waals surface area contributed by atoms with Gasteiger partial charge in [-0.1, -0.05) is 6.07 Å². The first-order valence-corrected chi connectivity index (χ1v) is 12.1. The van der Waals surface area contributed by atoms with Gasteiger partial charge in [0.1, 0.15) is 29.5 Å². The molecule has 10 heteroatoms. The number of pyridine rings is 1. The Balaban J connectivity index is 1.37. The summed E-state index contributed by atoms with van der Waals surface area (Å²) in [5, 5.41) is 11.9. The minimum atomic E-state index is -0.430. The van der Waals surface area contributed by atoms with E-state index in [0.717, 1.165) is 28.6 Å². The second kappa shape index (κ2) is 9.72. The largest absolute Gasteiger partial charge is 0.487 e. The third-order valence-corrected chi connectivity index (χ3v) is 6.55. The lowest BCUT2D eigenvalue weighted by Crippen LogP contribution is -2.49. The summed E-state index contributed by atoms with van der Waals surface area (Å²) in [6, 6.07) is 10.9. The highest BCUT2D eigenvalue weighted by molar-refractivity contribution is 5.95. The molecule has 0 amide bonds. The fourth-order valence-corrected chi connectivity index (χ4v) is 4.57. The number of rotatable bonds is 6. The Morgan fingerprint density at radius 2 is 2.08 bits per heavy atom. The number of fused-ring (bicyclic) bond motifs is 2. The molecule has 37 heavy (non-hydrogen) atoms. The summed E-state index contributed by atoms with van der Waals surface area (Å²) < 4.78 is 29.3. The lowest BCUT2D eigenvalue weighted by molar-refractivity contribution is 0.0341. The summed E-state index contributed by atoms with van der Waals surface area (Å²) in [4.78, 5) is 13.2. The molecule has 1 aliphatic rings. The van der Waals surface area contributed by atoms with Gasteiger partial charge in [-0.05, 0) is 36.8 Å². The predicted molar refractivity (Wildman–Crippen MR) is 139 cm³/mol. The number of halogens is 1. The Kier molecular flexibility index (Phi) is 6.11. The Morgan fingerprint density at radius 1 is 1.16 bits per heavy atom. The Bertz CT molecular complexity index is 1580. The molecule has 0 radical (unpaired) electrons. The molecule has 2 N–H and O–H groups in total. The molecule has 1 fully saturated rings. The van der Waals surface area contributed by atoms with Gasteiger partial charge in [0.05, 0.1) is 36.7 Å². The highest BCUT2D eigenvalue weighted by Gasteiger charge is 2.24. The first-order chi connectivity index (χ1) is 18.1. The van der Waals surface area contributed by atoms with Crippen LogP contribution in [0, 0.1) is 5.82 Å². The third kappa shape index (κ3) is 4.56. The topological polar surface area (TPSA) is 99.0 Å². The van der Waals surface area contributed by atoms with E-state index < -0.39 is 5.82 Å². The van der Waals surface area contributed by atoms with E-state index in [2.05, 4.69) is 30.7 Å². The normalized spacial score (nSPS) is 16.7. The number of ether oxygens (including phenoxy) is 2. The van der Waals surface area contributed by atoms with Gasteiger partial charge >= 0.3 is 0 Å². The number of anilines is 2.